The smallest absolute Gasteiger partial charge is 0.240 e. The third-order valence-electron chi connectivity index (χ3n) is 2.82. The van der Waals surface area contributed by atoms with E-state index in [4.69, 9.17) is 18.0 Å². The molecule has 7 heteroatoms. The maximum Gasteiger partial charge on any atom is 0.240 e. The van der Waals surface area contributed by atoms with E-state index in [0.29, 0.717) is 0 Å². The molecule has 0 saturated carbocycles. The molecular formula is C14H13FN2O2S2. The van der Waals surface area contributed by atoms with Crippen LogP contribution < -0.4 is 10.5 Å². The standard InChI is InChI=1S/C14H13FN2O2S2/c15-13-7-6-11(8-12(13)14(16)20)21(18,19)17-9-10-4-2-1-3-5-10/h1-8,17H,9H2,(H2,16,20). The Hall–Kier alpha value is -1.83. The van der Waals surface area contributed by atoms with Crippen LogP contribution in [0.15, 0.2) is 53.4 Å². The van der Waals surface area contributed by atoms with Gasteiger partial charge in [0.25, 0.3) is 0 Å². The number of nitrogens with one attached hydrogen (secondary N) is 1. The van der Waals surface area contributed by atoms with Gasteiger partial charge < -0.3 is 5.73 Å². The van der Waals surface area contributed by atoms with Crippen molar-refractivity contribution < 1.29 is 12.8 Å². The van der Waals surface area contributed by atoms with Gasteiger partial charge >= 0.3 is 0 Å². The minimum Gasteiger partial charge on any atom is -0.389 e. The molecule has 4 nitrogen and oxygen atoms in total. The minimum absolute atomic E-state index is 0.0809. The van der Waals surface area contributed by atoms with Crippen LogP contribution >= 0.6 is 12.2 Å². The van der Waals surface area contributed by atoms with E-state index >= 15 is 0 Å². The monoisotopic (exact) mass is 324 g/mol. The highest BCUT2D eigenvalue weighted by atomic mass is 32.2. The maximum atomic E-state index is 13.5. The van der Waals surface area contributed by atoms with E-state index in [9.17, 15) is 12.8 Å². The van der Waals surface area contributed by atoms with Gasteiger partial charge in [0.15, 0.2) is 0 Å². The number of hydrogen-bond acceptors (Lipinski definition) is 3. The summed E-state index contributed by atoms with van der Waals surface area (Å²) in [6.07, 6.45) is 0. The Balaban J connectivity index is 2.24. The molecular weight excluding hydrogens is 311 g/mol. The van der Waals surface area contributed by atoms with Gasteiger partial charge in [0.1, 0.15) is 10.8 Å². The topological polar surface area (TPSA) is 72.2 Å². The Labute approximate surface area is 127 Å². The molecule has 0 saturated heterocycles. The van der Waals surface area contributed by atoms with Gasteiger partial charge in [-0.3, -0.25) is 0 Å². The van der Waals surface area contributed by atoms with E-state index in [2.05, 4.69) is 4.72 Å². The molecule has 0 aliphatic rings. The zero-order valence-electron chi connectivity index (χ0n) is 10.9. The molecule has 2 aromatic rings. The molecule has 3 N–H and O–H groups in total. The van der Waals surface area contributed by atoms with Crippen molar-refractivity contribution in [1.82, 2.24) is 4.72 Å². The highest BCUT2D eigenvalue weighted by Crippen LogP contribution is 2.15. The quantitative estimate of drug-likeness (QED) is 0.825. The predicted molar refractivity (Wildman–Crippen MR) is 82.8 cm³/mol. The molecule has 0 aliphatic carbocycles. The summed E-state index contributed by atoms with van der Waals surface area (Å²) in [6.45, 7) is 0.142. The second-order valence-electron chi connectivity index (χ2n) is 4.32. The third-order valence-corrected chi connectivity index (χ3v) is 4.44. The van der Waals surface area contributed by atoms with Crippen LogP contribution in [-0.4, -0.2) is 13.4 Å². The first-order valence-corrected chi connectivity index (χ1v) is 7.92. The van der Waals surface area contributed by atoms with Crippen LogP contribution in [0.3, 0.4) is 0 Å². The second kappa shape index (κ2) is 6.30. The summed E-state index contributed by atoms with van der Waals surface area (Å²) >= 11 is 4.70. The number of sulfonamides is 1. The average molecular weight is 324 g/mol. The van der Waals surface area contributed by atoms with Gasteiger partial charge in [0.2, 0.25) is 10.0 Å². The van der Waals surface area contributed by atoms with Gasteiger partial charge in [-0.1, -0.05) is 42.5 Å². The molecule has 2 rings (SSSR count). The largest absolute Gasteiger partial charge is 0.389 e. The number of rotatable bonds is 5. The summed E-state index contributed by atoms with van der Waals surface area (Å²) in [7, 11) is -3.76. The number of benzene rings is 2. The molecule has 0 radical (unpaired) electrons. The van der Waals surface area contributed by atoms with Crippen LogP contribution in [0.1, 0.15) is 11.1 Å². The fraction of sp³-hybridized carbons (Fsp3) is 0.0714. The van der Waals surface area contributed by atoms with Crippen molar-refractivity contribution in [1.29, 1.82) is 0 Å². The van der Waals surface area contributed by atoms with Crippen LogP contribution in [-0.2, 0) is 16.6 Å². The summed E-state index contributed by atoms with van der Waals surface area (Å²) in [5.74, 6) is -0.649. The Bertz CT molecular complexity index is 762. The van der Waals surface area contributed by atoms with Gasteiger partial charge in [-0.2, -0.15) is 0 Å². The van der Waals surface area contributed by atoms with Gasteiger partial charge in [-0.15, -0.1) is 0 Å². The van der Waals surface area contributed by atoms with Crippen molar-refractivity contribution >= 4 is 27.2 Å². The molecule has 0 atom stereocenters. The lowest BCUT2D eigenvalue weighted by Gasteiger charge is -2.09. The molecule has 0 amide bonds. The lowest BCUT2D eigenvalue weighted by atomic mass is 10.2. The Morgan fingerprint density at radius 3 is 2.48 bits per heavy atom. The summed E-state index contributed by atoms with van der Waals surface area (Å²) in [5, 5.41) is 0. The van der Waals surface area contributed by atoms with Gasteiger partial charge in [0, 0.05) is 12.1 Å². The first-order valence-electron chi connectivity index (χ1n) is 6.03. The predicted octanol–water partition coefficient (Wildman–Crippen LogP) is 1.94. The molecule has 0 aromatic heterocycles. The number of hydrogen-bond donors (Lipinski definition) is 2. The lowest BCUT2D eigenvalue weighted by molar-refractivity contribution is 0.580. The van der Waals surface area contributed by atoms with Crippen LogP contribution in [0.5, 0.6) is 0 Å². The Morgan fingerprint density at radius 1 is 1.19 bits per heavy atom. The summed E-state index contributed by atoms with van der Waals surface area (Å²) in [6, 6.07) is 12.4. The highest BCUT2D eigenvalue weighted by Gasteiger charge is 2.16. The van der Waals surface area contributed by atoms with E-state index in [1.165, 1.54) is 6.07 Å². The number of nitrogens with two attached hydrogens (primary N) is 1. The third kappa shape index (κ3) is 3.84. The molecule has 110 valence electrons. The summed E-state index contributed by atoms with van der Waals surface area (Å²) in [5.41, 5.74) is 6.10. The average Bonchev–Trinajstić information content (AvgIpc) is 2.46. The SMILES string of the molecule is NC(=S)c1cc(S(=O)(=O)NCc2ccccc2)ccc1F. The van der Waals surface area contributed by atoms with Crippen molar-refractivity contribution in [3.63, 3.8) is 0 Å². The van der Waals surface area contributed by atoms with Crippen molar-refractivity contribution in [3.05, 3.63) is 65.5 Å². The van der Waals surface area contributed by atoms with E-state index in [0.717, 1.165) is 17.7 Å². The van der Waals surface area contributed by atoms with Crippen molar-refractivity contribution in [2.75, 3.05) is 0 Å². The Kier molecular flexibility index (Phi) is 4.66. The van der Waals surface area contributed by atoms with Crippen LogP contribution in [0, 0.1) is 5.82 Å². The van der Waals surface area contributed by atoms with Crippen LogP contribution in [0.2, 0.25) is 0 Å². The molecule has 2 aromatic carbocycles. The van der Waals surface area contributed by atoms with Crippen LogP contribution in [0.4, 0.5) is 4.39 Å². The maximum absolute atomic E-state index is 13.5. The van der Waals surface area contributed by atoms with Gasteiger partial charge in [-0.25, -0.2) is 17.5 Å². The van der Waals surface area contributed by atoms with E-state index < -0.39 is 15.8 Å². The highest BCUT2D eigenvalue weighted by molar-refractivity contribution is 7.89. The molecule has 21 heavy (non-hydrogen) atoms. The summed E-state index contributed by atoms with van der Waals surface area (Å²) < 4.78 is 40.3. The van der Waals surface area contributed by atoms with Crippen molar-refractivity contribution in [2.24, 2.45) is 5.73 Å². The van der Waals surface area contributed by atoms with Crippen molar-refractivity contribution in [3.8, 4) is 0 Å². The molecule has 0 heterocycles. The number of halogens is 1. The van der Waals surface area contributed by atoms with E-state index in [1.807, 2.05) is 18.2 Å². The molecule has 0 bridgehead atoms. The molecule has 0 unspecified atom stereocenters. The van der Waals surface area contributed by atoms with Crippen LogP contribution in [0.25, 0.3) is 0 Å². The first-order chi connectivity index (χ1) is 9.90. The van der Waals surface area contributed by atoms with Crippen molar-refractivity contribution in [2.45, 2.75) is 11.4 Å². The molecule has 0 fully saturated rings. The second-order valence-corrected chi connectivity index (χ2v) is 6.52. The van der Waals surface area contributed by atoms with E-state index in [-0.39, 0.29) is 22.0 Å². The lowest BCUT2D eigenvalue weighted by Crippen LogP contribution is -2.24. The fourth-order valence-electron chi connectivity index (χ4n) is 1.72. The first kappa shape index (κ1) is 15.6. The number of thiocarbonyl (C=S) groups is 1. The Morgan fingerprint density at radius 2 is 1.86 bits per heavy atom. The van der Waals surface area contributed by atoms with Gasteiger partial charge in [-0.05, 0) is 23.8 Å². The molecule has 0 aliphatic heterocycles. The van der Waals surface area contributed by atoms with E-state index in [1.54, 1.807) is 12.1 Å². The summed E-state index contributed by atoms with van der Waals surface area (Å²) in [4.78, 5) is -0.268. The van der Waals surface area contributed by atoms with Gasteiger partial charge in [0.05, 0.1) is 4.90 Å². The minimum atomic E-state index is -3.76. The zero-order chi connectivity index (χ0) is 15.5. The zero-order valence-corrected chi connectivity index (χ0v) is 12.5. The fourth-order valence-corrected chi connectivity index (χ4v) is 2.92. The molecule has 0 spiro atoms. The normalized spacial score (nSPS) is 11.3.